The predicted molar refractivity (Wildman–Crippen MR) is 80.9 cm³/mol. The van der Waals surface area contributed by atoms with Gasteiger partial charge in [-0.05, 0) is 19.1 Å². The molecule has 0 radical (unpaired) electrons. The van der Waals surface area contributed by atoms with Crippen LogP contribution in [0, 0.1) is 0 Å². The van der Waals surface area contributed by atoms with Gasteiger partial charge in [-0.25, -0.2) is 8.42 Å². The Hall–Kier alpha value is -1.02. The number of benzene rings is 1. The molecule has 1 fully saturated rings. The van der Waals surface area contributed by atoms with Crippen LogP contribution < -0.4 is 14.8 Å². The number of hydrogen-bond donors (Lipinski definition) is 1. The molecule has 6 nitrogen and oxygen atoms in total. The first-order valence-corrected chi connectivity index (χ1v) is 8.14. The van der Waals surface area contributed by atoms with E-state index in [2.05, 4.69) is 5.32 Å². The summed E-state index contributed by atoms with van der Waals surface area (Å²) in [6.45, 7) is 4.56. The smallest absolute Gasteiger partial charge is 0.243 e. The van der Waals surface area contributed by atoms with E-state index in [1.165, 1.54) is 4.31 Å². The number of ether oxygens (including phenoxy) is 2. The Kier molecular flexibility index (Phi) is 4.98. The van der Waals surface area contributed by atoms with Gasteiger partial charge in [-0.3, -0.25) is 0 Å². The summed E-state index contributed by atoms with van der Waals surface area (Å²) in [7, 11) is -3.47. The van der Waals surface area contributed by atoms with Crippen LogP contribution in [0.5, 0.6) is 11.5 Å². The molecule has 1 unspecified atom stereocenters. The molecular formula is C13H19ClN2O4S. The van der Waals surface area contributed by atoms with Crippen LogP contribution in [0.4, 0.5) is 0 Å². The van der Waals surface area contributed by atoms with Crippen molar-refractivity contribution in [1.29, 1.82) is 0 Å². The lowest BCUT2D eigenvalue weighted by Crippen LogP contribution is -2.51. The lowest BCUT2D eigenvalue weighted by molar-refractivity contribution is 0.171. The first-order valence-electron chi connectivity index (χ1n) is 6.70. The SMILES string of the molecule is CC1CN(S(=O)(=O)c2ccc3c(c2)OCCO3)CCN1.Cl. The Morgan fingerprint density at radius 1 is 1.24 bits per heavy atom. The van der Waals surface area contributed by atoms with E-state index in [0.717, 1.165) is 0 Å². The Labute approximate surface area is 130 Å². The van der Waals surface area contributed by atoms with Gasteiger partial charge >= 0.3 is 0 Å². The molecule has 21 heavy (non-hydrogen) atoms. The van der Waals surface area contributed by atoms with Crippen LogP contribution in [0.1, 0.15) is 6.92 Å². The van der Waals surface area contributed by atoms with Crippen molar-refractivity contribution in [1.82, 2.24) is 9.62 Å². The lowest BCUT2D eigenvalue weighted by atomic mass is 10.3. The minimum atomic E-state index is -3.47. The fourth-order valence-electron chi connectivity index (χ4n) is 2.45. The molecule has 1 atom stereocenters. The van der Waals surface area contributed by atoms with Crippen molar-refractivity contribution >= 4 is 22.4 Å². The largest absolute Gasteiger partial charge is 0.486 e. The van der Waals surface area contributed by atoms with E-state index in [1.807, 2.05) is 6.92 Å². The molecule has 1 aromatic carbocycles. The van der Waals surface area contributed by atoms with Gasteiger partial charge < -0.3 is 14.8 Å². The molecule has 1 saturated heterocycles. The first-order chi connectivity index (χ1) is 9.57. The number of piperazine rings is 1. The second-order valence-electron chi connectivity index (χ2n) is 5.02. The van der Waals surface area contributed by atoms with E-state index in [0.29, 0.717) is 44.3 Å². The van der Waals surface area contributed by atoms with Gasteiger partial charge in [-0.2, -0.15) is 4.31 Å². The summed E-state index contributed by atoms with van der Waals surface area (Å²) in [5.41, 5.74) is 0. The first kappa shape index (κ1) is 16.4. The normalized spacial score (nSPS) is 22.4. The summed E-state index contributed by atoms with van der Waals surface area (Å²) < 4.78 is 37.6. The highest BCUT2D eigenvalue weighted by Crippen LogP contribution is 2.33. The third-order valence-corrected chi connectivity index (χ3v) is 5.34. The zero-order valence-electron chi connectivity index (χ0n) is 11.7. The predicted octanol–water partition coefficient (Wildman–Crippen LogP) is 0.862. The van der Waals surface area contributed by atoms with Crippen LogP contribution in [0.25, 0.3) is 0 Å². The summed E-state index contributed by atoms with van der Waals surface area (Å²) in [4.78, 5) is 0.260. The quantitative estimate of drug-likeness (QED) is 0.869. The van der Waals surface area contributed by atoms with Crippen LogP contribution in [0.15, 0.2) is 23.1 Å². The van der Waals surface area contributed by atoms with Crippen molar-refractivity contribution in [2.24, 2.45) is 0 Å². The molecule has 0 bridgehead atoms. The fraction of sp³-hybridized carbons (Fsp3) is 0.538. The van der Waals surface area contributed by atoms with Crippen LogP contribution in [-0.4, -0.2) is 51.6 Å². The highest BCUT2D eigenvalue weighted by molar-refractivity contribution is 7.89. The standard InChI is InChI=1S/C13H18N2O4S.ClH/c1-10-9-15(5-4-14-10)20(16,17)11-2-3-12-13(8-11)19-7-6-18-12;/h2-3,8,10,14H,4-7,9H2,1H3;1H. The van der Waals surface area contributed by atoms with E-state index >= 15 is 0 Å². The van der Waals surface area contributed by atoms with Crippen LogP contribution in [0.2, 0.25) is 0 Å². The molecule has 2 aliphatic heterocycles. The van der Waals surface area contributed by atoms with Gasteiger partial charge in [-0.1, -0.05) is 0 Å². The summed E-state index contributed by atoms with van der Waals surface area (Å²) in [6.07, 6.45) is 0. The summed E-state index contributed by atoms with van der Waals surface area (Å²) in [6, 6.07) is 4.95. The van der Waals surface area contributed by atoms with Crippen LogP contribution >= 0.6 is 12.4 Å². The van der Waals surface area contributed by atoms with E-state index in [9.17, 15) is 8.42 Å². The second kappa shape index (κ2) is 6.39. The number of fused-ring (bicyclic) bond motifs is 1. The summed E-state index contributed by atoms with van der Waals surface area (Å²) in [5, 5.41) is 3.23. The Balaban J connectivity index is 0.00000161. The van der Waals surface area contributed by atoms with Crippen LogP contribution in [0.3, 0.4) is 0 Å². The van der Waals surface area contributed by atoms with Gasteiger partial charge in [0.1, 0.15) is 13.2 Å². The van der Waals surface area contributed by atoms with E-state index in [4.69, 9.17) is 9.47 Å². The highest BCUT2D eigenvalue weighted by Gasteiger charge is 2.29. The molecule has 2 heterocycles. The molecule has 0 aliphatic carbocycles. The number of rotatable bonds is 2. The zero-order chi connectivity index (χ0) is 14.2. The van der Waals surface area contributed by atoms with Gasteiger partial charge in [0, 0.05) is 31.7 Å². The maximum absolute atomic E-state index is 12.6. The van der Waals surface area contributed by atoms with Gasteiger partial charge in [0.2, 0.25) is 10.0 Å². The Bertz CT molecular complexity index is 608. The summed E-state index contributed by atoms with van der Waals surface area (Å²) >= 11 is 0. The van der Waals surface area contributed by atoms with E-state index in [-0.39, 0.29) is 23.3 Å². The van der Waals surface area contributed by atoms with Gasteiger partial charge in [0.05, 0.1) is 4.90 Å². The molecule has 0 saturated carbocycles. The van der Waals surface area contributed by atoms with Crippen LogP contribution in [-0.2, 0) is 10.0 Å². The molecule has 1 aromatic rings. The average Bonchev–Trinajstić information content (AvgIpc) is 2.46. The second-order valence-corrected chi connectivity index (χ2v) is 6.96. The maximum Gasteiger partial charge on any atom is 0.243 e. The van der Waals surface area contributed by atoms with Crippen molar-refractivity contribution < 1.29 is 17.9 Å². The molecule has 3 rings (SSSR count). The van der Waals surface area contributed by atoms with E-state index in [1.54, 1.807) is 18.2 Å². The molecule has 0 aromatic heterocycles. The Morgan fingerprint density at radius 2 is 1.95 bits per heavy atom. The molecule has 8 heteroatoms. The van der Waals surface area contributed by atoms with Gasteiger partial charge in [0.15, 0.2) is 11.5 Å². The fourth-order valence-corrected chi connectivity index (χ4v) is 3.99. The topological polar surface area (TPSA) is 67.9 Å². The van der Waals surface area contributed by atoms with Crippen molar-refractivity contribution in [3.63, 3.8) is 0 Å². The highest BCUT2D eigenvalue weighted by atomic mass is 35.5. The van der Waals surface area contributed by atoms with Crippen molar-refractivity contribution in [2.75, 3.05) is 32.8 Å². The van der Waals surface area contributed by atoms with Crippen molar-refractivity contribution in [2.45, 2.75) is 17.9 Å². The molecule has 0 spiro atoms. The van der Waals surface area contributed by atoms with Crippen molar-refractivity contribution in [3.8, 4) is 11.5 Å². The van der Waals surface area contributed by atoms with Gasteiger partial charge in [-0.15, -0.1) is 12.4 Å². The monoisotopic (exact) mass is 334 g/mol. The van der Waals surface area contributed by atoms with Crippen molar-refractivity contribution in [3.05, 3.63) is 18.2 Å². The van der Waals surface area contributed by atoms with Gasteiger partial charge in [0.25, 0.3) is 0 Å². The minimum absolute atomic E-state index is 0. The Morgan fingerprint density at radius 3 is 2.67 bits per heavy atom. The number of hydrogen-bond acceptors (Lipinski definition) is 5. The molecule has 0 amide bonds. The zero-order valence-corrected chi connectivity index (χ0v) is 13.4. The number of sulfonamides is 1. The minimum Gasteiger partial charge on any atom is -0.486 e. The molecule has 1 N–H and O–H groups in total. The maximum atomic E-state index is 12.6. The molecule has 2 aliphatic rings. The molecular weight excluding hydrogens is 316 g/mol. The number of nitrogens with one attached hydrogen (secondary N) is 1. The average molecular weight is 335 g/mol. The molecule has 118 valence electrons. The third-order valence-electron chi connectivity index (χ3n) is 3.48. The van der Waals surface area contributed by atoms with E-state index < -0.39 is 10.0 Å². The number of nitrogens with zero attached hydrogens (tertiary/aromatic N) is 1. The summed E-state index contributed by atoms with van der Waals surface area (Å²) in [5.74, 6) is 1.10. The lowest BCUT2D eigenvalue weighted by Gasteiger charge is -2.31. The third kappa shape index (κ3) is 3.26. The number of halogens is 1.